The van der Waals surface area contributed by atoms with Crippen molar-refractivity contribution in [2.45, 2.75) is 19.5 Å². The second kappa shape index (κ2) is 5.67. The zero-order valence-electron chi connectivity index (χ0n) is 11.5. The SMILES string of the molecule is Cc1nc2sccn2c1CNC(C(=O)O)c1ccccc1. The van der Waals surface area contributed by atoms with E-state index < -0.39 is 12.0 Å². The lowest BCUT2D eigenvalue weighted by atomic mass is 10.1. The van der Waals surface area contributed by atoms with Crippen LogP contribution in [0.3, 0.4) is 0 Å². The van der Waals surface area contributed by atoms with Gasteiger partial charge < -0.3 is 5.11 Å². The number of fused-ring (bicyclic) bond motifs is 1. The average Bonchev–Trinajstić information content (AvgIpc) is 3.02. The molecule has 6 heteroatoms. The van der Waals surface area contributed by atoms with Gasteiger partial charge in [-0.2, -0.15) is 0 Å². The van der Waals surface area contributed by atoms with E-state index in [9.17, 15) is 9.90 Å². The molecule has 0 saturated carbocycles. The van der Waals surface area contributed by atoms with Gasteiger partial charge in [0, 0.05) is 18.1 Å². The monoisotopic (exact) mass is 301 g/mol. The predicted octanol–water partition coefficient (Wildman–Crippen LogP) is 2.62. The van der Waals surface area contributed by atoms with Crippen molar-refractivity contribution >= 4 is 22.3 Å². The van der Waals surface area contributed by atoms with Crippen LogP contribution in [0.4, 0.5) is 0 Å². The molecule has 0 spiro atoms. The quantitative estimate of drug-likeness (QED) is 0.760. The van der Waals surface area contributed by atoms with Gasteiger partial charge in [-0.3, -0.25) is 14.5 Å². The molecule has 1 unspecified atom stereocenters. The van der Waals surface area contributed by atoms with Crippen LogP contribution in [0.15, 0.2) is 41.9 Å². The van der Waals surface area contributed by atoms with Gasteiger partial charge in [0.25, 0.3) is 0 Å². The van der Waals surface area contributed by atoms with E-state index in [2.05, 4.69) is 10.3 Å². The van der Waals surface area contributed by atoms with Gasteiger partial charge in [0.2, 0.25) is 0 Å². The van der Waals surface area contributed by atoms with Gasteiger partial charge in [-0.1, -0.05) is 30.3 Å². The first kappa shape index (κ1) is 13.8. The zero-order chi connectivity index (χ0) is 14.8. The van der Waals surface area contributed by atoms with Crippen molar-refractivity contribution < 1.29 is 9.90 Å². The van der Waals surface area contributed by atoms with E-state index in [1.807, 2.05) is 53.2 Å². The van der Waals surface area contributed by atoms with Crippen LogP contribution in [0, 0.1) is 6.92 Å². The number of aliphatic carboxylic acids is 1. The van der Waals surface area contributed by atoms with Gasteiger partial charge in [-0.05, 0) is 12.5 Å². The molecule has 2 N–H and O–H groups in total. The van der Waals surface area contributed by atoms with E-state index in [0.717, 1.165) is 21.9 Å². The smallest absolute Gasteiger partial charge is 0.325 e. The van der Waals surface area contributed by atoms with Crippen molar-refractivity contribution in [1.82, 2.24) is 14.7 Å². The van der Waals surface area contributed by atoms with Crippen LogP contribution in [-0.4, -0.2) is 20.5 Å². The Morgan fingerprint density at radius 3 is 2.90 bits per heavy atom. The van der Waals surface area contributed by atoms with Crippen molar-refractivity contribution in [3.63, 3.8) is 0 Å². The molecule has 5 nitrogen and oxygen atoms in total. The summed E-state index contributed by atoms with van der Waals surface area (Å²) in [5, 5.41) is 14.5. The Balaban J connectivity index is 1.83. The summed E-state index contributed by atoms with van der Waals surface area (Å²) in [6.07, 6.45) is 1.95. The van der Waals surface area contributed by atoms with E-state index in [4.69, 9.17) is 0 Å². The third-order valence-corrected chi connectivity index (χ3v) is 4.17. The zero-order valence-corrected chi connectivity index (χ0v) is 12.3. The Morgan fingerprint density at radius 1 is 1.43 bits per heavy atom. The summed E-state index contributed by atoms with van der Waals surface area (Å²) in [7, 11) is 0. The first-order chi connectivity index (χ1) is 10.2. The topological polar surface area (TPSA) is 66.6 Å². The lowest BCUT2D eigenvalue weighted by Gasteiger charge is -2.14. The molecule has 1 aromatic carbocycles. The van der Waals surface area contributed by atoms with Crippen molar-refractivity contribution in [3.8, 4) is 0 Å². The molecular formula is C15H15N3O2S. The van der Waals surface area contributed by atoms with Crippen LogP contribution >= 0.6 is 11.3 Å². The third-order valence-electron chi connectivity index (χ3n) is 3.41. The van der Waals surface area contributed by atoms with Gasteiger partial charge in [0.1, 0.15) is 6.04 Å². The summed E-state index contributed by atoms with van der Waals surface area (Å²) in [4.78, 5) is 16.9. The summed E-state index contributed by atoms with van der Waals surface area (Å²) >= 11 is 1.57. The molecule has 2 heterocycles. The van der Waals surface area contributed by atoms with Crippen LogP contribution in [0.25, 0.3) is 4.96 Å². The molecular weight excluding hydrogens is 286 g/mol. The highest BCUT2D eigenvalue weighted by Crippen LogP contribution is 2.18. The third kappa shape index (κ3) is 2.68. The number of hydrogen-bond donors (Lipinski definition) is 2. The maximum atomic E-state index is 11.5. The van der Waals surface area contributed by atoms with Gasteiger partial charge in [-0.25, -0.2) is 4.98 Å². The van der Waals surface area contributed by atoms with E-state index in [0.29, 0.717) is 6.54 Å². The first-order valence-electron chi connectivity index (χ1n) is 6.59. The lowest BCUT2D eigenvalue weighted by Crippen LogP contribution is -2.28. The minimum atomic E-state index is -0.884. The number of benzene rings is 1. The van der Waals surface area contributed by atoms with Crippen molar-refractivity contribution in [2.24, 2.45) is 0 Å². The number of carboxylic acid groups (broad SMARTS) is 1. The Labute approximate surface area is 125 Å². The molecule has 1 atom stereocenters. The number of hydrogen-bond acceptors (Lipinski definition) is 4. The van der Waals surface area contributed by atoms with Gasteiger partial charge in [0.15, 0.2) is 4.96 Å². The number of carbonyl (C=O) groups is 1. The Kier molecular flexibility index (Phi) is 3.72. The number of aryl methyl sites for hydroxylation is 1. The normalized spacial score (nSPS) is 12.6. The number of thiazole rings is 1. The minimum absolute atomic E-state index is 0.454. The van der Waals surface area contributed by atoms with Gasteiger partial charge >= 0.3 is 5.97 Å². The van der Waals surface area contributed by atoms with Crippen LogP contribution in [0.2, 0.25) is 0 Å². The second-order valence-electron chi connectivity index (χ2n) is 4.76. The van der Waals surface area contributed by atoms with Gasteiger partial charge in [0.05, 0.1) is 11.4 Å². The molecule has 0 aliphatic carbocycles. The first-order valence-corrected chi connectivity index (χ1v) is 7.47. The van der Waals surface area contributed by atoms with Crippen molar-refractivity contribution in [2.75, 3.05) is 0 Å². The molecule has 0 aliphatic rings. The predicted molar refractivity (Wildman–Crippen MR) is 81.5 cm³/mol. The van der Waals surface area contributed by atoms with Crippen LogP contribution in [-0.2, 0) is 11.3 Å². The maximum absolute atomic E-state index is 11.5. The fraction of sp³-hybridized carbons (Fsp3) is 0.200. The Bertz CT molecular complexity index is 764. The largest absolute Gasteiger partial charge is 0.480 e. The number of nitrogens with zero attached hydrogens (tertiary/aromatic N) is 2. The minimum Gasteiger partial charge on any atom is -0.480 e. The lowest BCUT2D eigenvalue weighted by molar-refractivity contribution is -0.139. The van der Waals surface area contributed by atoms with Crippen molar-refractivity contribution in [1.29, 1.82) is 0 Å². The molecule has 21 heavy (non-hydrogen) atoms. The number of carboxylic acids is 1. The molecule has 108 valence electrons. The highest BCUT2D eigenvalue weighted by Gasteiger charge is 2.20. The van der Waals surface area contributed by atoms with Crippen LogP contribution < -0.4 is 5.32 Å². The number of rotatable bonds is 5. The van der Waals surface area contributed by atoms with Crippen LogP contribution in [0.1, 0.15) is 23.0 Å². The molecule has 3 rings (SSSR count). The standard InChI is InChI=1S/C15H15N3O2S/c1-10-12(18-7-8-21-15(18)17-10)9-16-13(14(19)20)11-5-3-2-4-6-11/h2-8,13,16H,9H2,1H3,(H,19,20). The van der Waals surface area contributed by atoms with Crippen LogP contribution in [0.5, 0.6) is 0 Å². The summed E-state index contributed by atoms with van der Waals surface area (Å²) < 4.78 is 2.00. The molecule has 0 radical (unpaired) electrons. The number of nitrogens with one attached hydrogen (secondary N) is 1. The molecule has 0 fully saturated rings. The second-order valence-corrected chi connectivity index (χ2v) is 5.64. The molecule has 0 amide bonds. The molecule has 2 aromatic heterocycles. The summed E-state index contributed by atoms with van der Waals surface area (Å²) in [6.45, 7) is 2.39. The van der Waals surface area contributed by atoms with Crippen molar-refractivity contribution in [3.05, 3.63) is 58.9 Å². The molecule has 3 aromatic rings. The Morgan fingerprint density at radius 2 is 2.19 bits per heavy atom. The molecule has 0 saturated heterocycles. The fourth-order valence-corrected chi connectivity index (χ4v) is 3.12. The molecule has 0 aliphatic heterocycles. The summed E-state index contributed by atoms with van der Waals surface area (Å²) in [6, 6.07) is 8.46. The highest BCUT2D eigenvalue weighted by molar-refractivity contribution is 7.15. The van der Waals surface area contributed by atoms with E-state index >= 15 is 0 Å². The molecule has 0 bridgehead atoms. The van der Waals surface area contributed by atoms with E-state index in [-0.39, 0.29) is 0 Å². The van der Waals surface area contributed by atoms with Gasteiger partial charge in [-0.15, -0.1) is 11.3 Å². The average molecular weight is 301 g/mol. The van der Waals surface area contributed by atoms with E-state index in [1.54, 1.807) is 11.3 Å². The number of imidazole rings is 1. The maximum Gasteiger partial charge on any atom is 0.325 e. The summed E-state index contributed by atoms with van der Waals surface area (Å²) in [5.41, 5.74) is 2.66. The fourth-order valence-electron chi connectivity index (χ4n) is 2.35. The Hall–Kier alpha value is -2.18. The van der Waals surface area contributed by atoms with E-state index in [1.165, 1.54) is 0 Å². The summed E-state index contributed by atoms with van der Waals surface area (Å²) in [5.74, 6) is -0.884. The highest BCUT2D eigenvalue weighted by atomic mass is 32.1. The number of aromatic nitrogens is 2.